The van der Waals surface area contributed by atoms with E-state index in [0.717, 1.165) is 13.1 Å². The van der Waals surface area contributed by atoms with E-state index in [1.165, 1.54) is 5.56 Å². The molecule has 0 heterocycles. The van der Waals surface area contributed by atoms with Crippen molar-refractivity contribution >= 4 is 0 Å². The summed E-state index contributed by atoms with van der Waals surface area (Å²) in [5.74, 6) is 0.571. The molecule has 13 heavy (non-hydrogen) atoms. The van der Waals surface area contributed by atoms with Crippen LogP contribution in [0.15, 0.2) is 43.0 Å². The smallest absolute Gasteiger partial charge is 0.0132 e. The fourth-order valence-electron chi connectivity index (χ4n) is 1.30. The Hall–Kier alpha value is -1.08. The molecule has 1 nitrogen and oxygen atoms in total. The molecule has 0 aliphatic carbocycles. The highest BCUT2D eigenvalue weighted by Crippen LogP contribution is 2.12. The van der Waals surface area contributed by atoms with Crippen LogP contribution in [0.3, 0.4) is 0 Å². The van der Waals surface area contributed by atoms with Crippen molar-refractivity contribution in [3.63, 3.8) is 0 Å². The van der Waals surface area contributed by atoms with Crippen LogP contribution in [0.1, 0.15) is 18.4 Å². The van der Waals surface area contributed by atoms with E-state index in [4.69, 9.17) is 0 Å². The third-order valence-corrected chi connectivity index (χ3v) is 2.11. The average Bonchev–Trinajstić information content (AvgIpc) is 2.19. The minimum absolute atomic E-state index is 0.571. The summed E-state index contributed by atoms with van der Waals surface area (Å²) in [5, 5.41) is 3.32. The van der Waals surface area contributed by atoms with Gasteiger partial charge in [0.2, 0.25) is 0 Å². The van der Waals surface area contributed by atoms with E-state index >= 15 is 0 Å². The molecular formula is C12H17N. The predicted molar refractivity (Wildman–Crippen MR) is 57.9 cm³/mol. The summed E-state index contributed by atoms with van der Waals surface area (Å²) < 4.78 is 0. The summed E-state index contributed by atoms with van der Waals surface area (Å²) in [4.78, 5) is 0. The zero-order valence-electron chi connectivity index (χ0n) is 8.16. The molecule has 1 N–H and O–H groups in total. The Bertz CT molecular complexity index is 241. The largest absolute Gasteiger partial charge is 0.313 e. The monoisotopic (exact) mass is 175 g/mol. The van der Waals surface area contributed by atoms with Crippen molar-refractivity contribution in [3.05, 3.63) is 48.6 Å². The SMILES string of the molecule is C=CCNC[C@@H](C)c1ccccc1. The van der Waals surface area contributed by atoms with Crippen LogP contribution in [0.4, 0.5) is 0 Å². The van der Waals surface area contributed by atoms with E-state index in [1.807, 2.05) is 12.1 Å². The van der Waals surface area contributed by atoms with Crippen LogP contribution in [-0.4, -0.2) is 13.1 Å². The van der Waals surface area contributed by atoms with Crippen molar-refractivity contribution in [2.45, 2.75) is 12.8 Å². The van der Waals surface area contributed by atoms with Crippen LogP contribution in [0.5, 0.6) is 0 Å². The van der Waals surface area contributed by atoms with Gasteiger partial charge in [-0.3, -0.25) is 0 Å². The summed E-state index contributed by atoms with van der Waals surface area (Å²) in [6.45, 7) is 7.79. The maximum atomic E-state index is 3.67. The van der Waals surface area contributed by atoms with Gasteiger partial charge in [-0.05, 0) is 11.5 Å². The zero-order valence-corrected chi connectivity index (χ0v) is 8.16. The van der Waals surface area contributed by atoms with Crippen molar-refractivity contribution in [2.75, 3.05) is 13.1 Å². The fourth-order valence-corrected chi connectivity index (χ4v) is 1.30. The molecule has 1 rings (SSSR count). The Morgan fingerprint density at radius 3 is 2.69 bits per heavy atom. The predicted octanol–water partition coefficient (Wildman–Crippen LogP) is 2.57. The lowest BCUT2D eigenvalue weighted by atomic mass is 10.0. The second kappa shape index (κ2) is 5.55. The molecule has 0 aromatic heterocycles. The Balaban J connectivity index is 2.39. The lowest BCUT2D eigenvalue weighted by molar-refractivity contribution is 0.651. The second-order valence-corrected chi connectivity index (χ2v) is 3.26. The van der Waals surface area contributed by atoms with Crippen LogP contribution >= 0.6 is 0 Å². The van der Waals surface area contributed by atoms with Crippen molar-refractivity contribution in [1.82, 2.24) is 5.32 Å². The Labute approximate surface area is 80.5 Å². The number of hydrogen-bond acceptors (Lipinski definition) is 1. The quantitative estimate of drug-likeness (QED) is 0.535. The lowest BCUT2D eigenvalue weighted by Gasteiger charge is -2.11. The van der Waals surface area contributed by atoms with Crippen LogP contribution in [0, 0.1) is 0 Å². The standard InChI is InChI=1S/C12H17N/c1-3-9-13-10-11(2)12-7-5-4-6-8-12/h3-8,11,13H,1,9-10H2,2H3/t11-/m1/s1. The van der Waals surface area contributed by atoms with Gasteiger partial charge in [-0.15, -0.1) is 6.58 Å². The van der Waals surface area contributed by atoms with Gasteiger partial charge in [-0.25, -0.2) is 0 Å². The Kier molecular flexibility index (Phi) is 4.27. The van der Waals surface area contributed by atoms with Gasteiger partial charge in [0.05, 0.1) is 0 Å². The first-order valence-corrected chi connectivity index (χ1v) is 4.71. The average molecular weight is 175 g/mol. The van der Waals surface area contributed by atoms with E-state index in [0.29, 0.717) is 5.92 Å². The maximum Gasteiger partial charge on any atom is 0.0132 e. The first-order chi connectivity index (χ1) is 6.34. The molecule has 0 radical (unpaired) electrons. The van der Waals surface area contributed by atoms with Gasteiger partial charge < -0.3 is 5.32 Å². The van der Waals surface area contributed by atoms with Gasteiger partial charge in [0.15, 0.2) is 0 Å². The van der Waals surface area contributed by atoms with E-state index in [1.54, 1.807) is 0 Å². The van der Waals surface area contributed by atoms with Crippen molar-refractivity contribution < 1.29 is 0 Å². The number of rotatable bonds is 5. The van der Waals surface area contributed by atoms with Gasteiger partial charge in [0.1, 0.15) is 0 Å². The molecule has 70 valence electrons. The van der Waals surface area contributed by atoms with Crippen LogP contribution in [0.25, 0.3) is 0 Å². The molecular weight excluding hydrogens is 158 g/mol. The summed E-state index contributed by atoms with van der Waals surface area (Å²) in [6, 6.07) is 10.5. The first-order valence-electron chi connectivity index (χ1n) is 4.71. The van der Waals surface area contributed by atoms with Crippen LogP contribution < -0.4 is 5.32 Å². The molecule has 0 spiro atoms. The third kappa shape index (κ3) is 3.43. The number of benzene rings is 1. The fraction of sp³-hybridized carbons (Fsp3) is 0.333. The molecule has 1 aromatic rings. The summed E-state index contributed by atoms with van der Waals surface area (Å²) in [7, 11) is 0. The van der Waals surface area contributed by atoms with Gasteiger partial charge in [0, 0.05) is 13.1 Å². The van der Waals surface area contributed by atoms with Gasteiger partial charge in [-0.2, -0.15) is 0 Å². The van der Waals surface area contributed by atoms with Crippen LogP contribution in [-0.2, 0) is 0 Å². The van der Waals surface area contributed by atoms with E-state index in [2.05, 4.69) is 43.1 Å². The van der Waals surface area contributed by atoms with E-state index < -0.39 is 0 Å². The van der Waals surface area contributed by atoms with Crippen molar-refractivity contribution in [1.29, 1.82) is 0 Å². The minimum atomic E-state index is 0.571. The minimum Gasteiger partial charge on any atom is -0.313 e. The highest BCUT2D eigenvalue weighted by atomic mass is 14.8. The van der Waals surface area contributed by atoms with Gasteiger partial charge in [-0.1, -0.05) is 43.3 Å². The van der Waals surface area contributed by atoms with Crippen molar-refractivity contribution in [3.8, 4) is 0 Å². The molecule has 1 atom stereocenters. The molecule has 0 saturated carbocycles. The van der Waals surface area contributed by atoms with Crippen molar-refractivity contribution in [2.24, 2.45) is 0 Å². The molecule has 1 heteroatoms. The summed E-state index contributed by atoms with van der Waals surface area (Å²) in [6.07, 6.45) is 1.89. The second-order valence-electron chi connectivity index (χ2n) is 3.26. The molecule has 0 amide bonds. The topological polar surface area (TPSA) is 12.0 Å². The van der Waals surface area contributed by atoms with E-state index in [9.17, 15) is 0 Å². The van der Waals surface area contributed by atoms with Crippen LogP contribution in [0.2, 0.25) is 0 Å². The Morgan fingerprint density at radius 2 is 2.08 bits per heavy atom. The normalized spacial score (nSPS) is 12.4. The zero-order chi connectivity index (χ0) is 9.52. The number of hydrogen-bond donors (Lipinski definition) is 1. The lowest BCUT2D eigenvalue weighted by Crippen LogP contribution is -2.19. The first kappa shape index (κ1) is 10.0. The number of nitrogens with one attached hydrogen (secondary N) is 1. The summed E-state index contributed by atoms with van der Waals surface area (Å²) in [5.41, 5.74) is 1.39. The van der Waals surface area contributed by atoms with E-state index in [-0.39, 0.29) is 0 Å². The molecule has 0 aliphatic heterocycles. The highest BCUT2D eigenvalue weighted by molar-refractivity contribution is 5.18. The molecule has 1 aromatic carbocycles. The van der Waals surface area contributed by atoms with Gasteiger partial charge in [0.25, 0.3) is 0 Å². The third-order valence-electron chi connectivity index (χ3n) is 2.11. The maximum absolute atomic E-state index is 3.67. The summed E-state index contributed by atoms with van der Waals surface area (Å²) >= 11 is 0. The molecule has 0 aliphatic rings. The Morgan fingerprint density at radius 1 is 1.38 bits per heavy atom. The molecule has 0 saturated heterocycles. The molecule has 0 fully saturated rings. The van der Waals surface area contributed by atoms with Gasteiger partial charge >= 0.3 is 0 Å². The highest BCUT2D eigenvalue weighted by Gasteiger charge is 2.02. The molecule has 0 bridgehead atoms. The molecule has 0 unspecified atom stereocenters.